The van der Waals surface area contributed by atoms with E-state index in [1.165, 1.54) is 6.21 Å². The fourth-order valence-corrected chi connectivity index (χ4v) is 1.40. The number of hydrogen-bond donors (Lipinski definition) is 1. The zero-order chi connectivity index (χ0) is 12.9. The van der Waals surface area contributed by atoms with E-state index in [4.69, 9.17) is 11.6 Å². The Morgan fingerprint density at radius 3 is 2.65 bits per heavy atom. The summed E-state index contributed by atoms with van der Waals surface area (Å²) < 4.78 is 0.563. The van der Waals surface area contributed by atoms with Crippen molar-refractivity contribution < 1.29 is 9.28 Å². The molecule has 1 N–H and O–H groups in total. The van der Waals surface area contributed by atoms with Gasteiger partial charge in [-0.3, -0.25) is 4.79 Å². The Kier molecular flexibility index (Phi) is 4.66. The summed E-state index contributed by atoms with van der Waals surface area (Å²) >= 11 is 5.94. The molecular formula is C12H17ClN3O+. The summed E-state index contributed by atoms with van der Waals surface area (Å²) in [6.07, 6.45) is 1.54. The van der Waals surface area contributed by atoms with Crippen molar-refractivity contribution in [3.05, 3.63) is 34.9 Å². The summed E-state index contributed by atoms with van der Waals surface area (Å²) in [7, 11) is 5.83. The second-order valence-corrected chi connectivity index (χ2v) is 5.17. The van der Waals surface area contributed by atoms with Crippen molar-refractivity contribution in [2.75, 3.05) is 27.7 Å². The quantitative estimate of drug-likeness (QED) is 0.494. The van der Waals surface area contributed by atoms with Gasteiger partial charge < -0.3 is 4.48 Å². The van der Waals surface area contributed by atoms with Gasteiger partial charge in [0.25, 0.3) is 5.91 Å². The molecule has 0 radical (unpaired) electrons. The Morgan fingerprint density at radius 2 is 2.06 bits per heavy atom. The topological polar surface area (TPSA) is 41.5 Å². The van der Waals surface area contributed by atoms with Crippen molar-refractivity contribution >= 4 is 23.7 Å². The lowest BCUT2D eigenvalue weighted by atomic mass is 10.2. The molecule has 0 aliphatic heterocycles. The number of hydrogen-bond acceptors (Lipinski definition) is 2. The van der Waals surface area contributed by atoms with Crippen molar-refractivity contribution in [2.24, 2.45) is 5.10 Å². The first-order valence-electron chi connectivity index (χ1n) is 5.25. The Morgan fingerprint density at radius 1 is 1.41 bits per heavy atom. The van der Waals surface area contributed by atoms with E-state index in [0.717, 1.165) is 5.56 Å². The van der Waals surface area contributed by atoms with Crippen LogP contribution in [0.25, 0.3) is 0 Å². The molecule has 1 amide bonds. The summed E-state index contributed by atoms with van der Waals surface area (Å²) in [6, 6.07) is 7.31. The number of nitrogens with zero attached hydrogens (tertiary/aromatic N) is 2. The highest BCUT2D eigenvalue weighted by Crippen LogP contribution is 2.11. The highest BCUT2D eigenvalue weighted by atomic mass is 35.5. The van der Waals surface area contributed by atoms with Crippen LogP contribution in [0.2, 0.25) is 5.02 Å². The third-order valence-electron chi connectivity index (χ3n) is 1.92. The maximum absolute atomic E-state index is 11.5. The molecule has 0 fully saturated rings. The monoisotopic (exact) mass is 254 g/mol. The summed E-state index contributed by atoms with van der Waals surface area (Å²) in [5.41, 5.74) is 3.25. The lowest BCUT2D eigenvalue weighted by Gasteiger charge is -2.21. The second-order valence-electron chi connectivity index (χ2n) is 4.76. The average Bonchev–Trinajstić information content (AvgIpc) is 2.18. The predicted molar refractivity (Wildman–Crippen MR) is 70.1 cm³/mol. The third-order valence-corrected chi connectivity index (χ3v) is 2.26. The summed E-state index contributed by atoms with van der Waals surface area (Å²) in [5.74, 6) is -0.124. The number of hydrazone groups is 1. The van der Waals surface area contributed by atoms with E-state index in [0.29, 0.717) is 16.1 Å². The molecular weight excluding hydrogens is 238 g/mol. The lowest BCUT2D eigenvalue weighted by Crippen LogP contribution is -2.43. The van der Waals surface area contributed by atoms with Crippen LogP contribution in [0.3, 0.4) is 0 Å². The molecule has 4 nitrogen and oxygen atoms in total. The number of halogens is 1. The molecule has 1 rings (SSSR count). The number of rotatable bonds is 4. The number of nitrogens with one attached hydrogen (secondary N) is 1. The van der Waals surface area contributed by atoms with Crippen LogP contribution in [-0.4, -0.2) is 44.3 Å². The fraction of sp³-hybridized carbons (Fsp3) is 0.333. The van der Waals surface area contributed by atoms with Gasteiger partial charge in [-0.05, 0) is 6.07 Å². The number of quaternary nitrogens is 1. The van der Waals surface area contributed by atoms with Gasteiger partial charge in [0.1, 0.15) is 0 Å². The van der Waals surface area contributed by atoms with Gasteiger partial charge in [-0.15, -0.1) is 0 Å². The Bertz CT molecular complexity index is 424. The van der Waals surface area contributed by atoms with Gasteiger partial charge in [-0.2, -0.15) is 5.10 Å². The first-order valence-corrected chi connectivity index (χ1v) is 5.63. The van der Waals surface area contributed by atoms with Crippen molar-refractivity contribution in [3.8, 4) is 0 Å². The van der Waals surface area contributed by atoms with E-state index in [1.54, 1.807) is 6.07 Å². The molecule has 0 unspecified atom stereocenters. The zero-order valence-corrected chi connectivity index (χ0v) is 11.0. The maximum atomic E-state index is 11.5. The summed E-state index contributed by atoms with van der Waals surface area (Å²) in [6.45, 7) is 0.375. The largest absolute Gasteiger partial charge is 0.323 e. The smallest absolute Gasteiger partial charge is 0.295 e. The van der Waals surface area contributed by atoms with Crippen LogP contribution in [0.4, 0.5) is 0 Å². The molecule has 0 saturated carbocycles. The van der Waals surface area contributed by atoms with Crippen molar-refractivity contribution in [3.63, 3.8) is 0 Å². The van der Waals surface area contributed by atoms with E-state index in [2.05, 4.69) is 10.5 Å². The molecule has 0 atom stereocenters. The van der Waals surface area contributed by atoms with Crippen LogP contribution in [-0.2, 0) is 4.79 Å². The third kappa shape index (κ3) is 5.47. The van der Waals surface area contributed by atoms with Gasteiger partial charge in [0, 0.05) is 10.6 Å². The Balaban J connectivity index is 2.51. The normalized spacial score (nSPS) is 11.8. The average molecular weight is 255 g/mol. The number of amides is 1. The predicted octanol–water partition coefficient (Wildman–Crippen LogP) is 1.50. The molecule has 0 aliphatic rings. The molecule has 5 heteroatoms. The van der Waals surface area contributed by atoms with E-state index < -0.39 is 0 Å². The van der Waals surface area contributed by atoms with Gasteiger partial charge in [-0.1, -0.05) is 29.8 Å². The molecule has 0 aliphatic carbocycles. The SMILES string of the molecule is C[N+](C)(C)CC(=O)N/N=C/c1ccccc1Cl. The van der Waals surface area contributed by atoms with E-state index in [1.807, 2.05) is 39.3 Å². The minimum atomic E-state index is -0.124. The minimum Gasteiger partial charge on any atom is -0.323 e. The second kappa shape index (κ2) is 5.80. The van der Waals surface area contributed by atoms with Gasteiger partial charge in [0.15, 0.2) is 6.54 Å². The van der Waals surface area contributed by atoms with Crippen LogP contribution in [0.15, 0.2) is 29.4 Å². The Hall–Kier alpha value is -1.39. The van der Waals surface area contributed by atoms with Crippen LogP contribution >= 0.6 is 11.6 Å². The van der Waals surface area contributed by atoms with Crippen LogP contribution < -0.4 is 5.43 Å². The molecule has 1 aromatic carbocycles. The molecule has 0 bridgehead atoms. The number of carbonyl (C=O) groups is 1. The summed E-state index contributed by atoms with van der Waals surface area (Å²) in [4.78, 5) is 11.5. The van der Waals surface area contributed by atoms with Crippen LogP contribution in [0.1, 0.15) is 5.56 Å². The van der Waals surface area contributed by atoms with Crippen LogP contribution in [0.5, 0.6) is 0 Å². The molecule has 17 heavy (non-hydrogen) atoms. The molecule has 0 heterocycles. The number of carbonyl (C=O) groups excluding carboxylic acids is 1. The standard InChI is InChI=1S/C12H16ClN3O/c1-16(2,3)9-12(17)15-14-8-10-6-4-5-7-11(10)13/h4-8H,9H2,1-3H3/p+1/b14-8+. The first-order chi connectivity index (χ1) is 7.88. The molecule has 0 aromatic heterocycles. The molecule has 92 valence electrons. The highest BCUT2D eigenvalue weighted by Gasteiger charge is 2.12. The van der Waals surface area contributed by atoms with Crippen molar-refractivity contribution in [1.82, 2.24) is 5.43 Å². The highest BCUT2D eigenvalue weighted by molar-refractivity contribution is 6.33. The molecule has 0 saturated heterocycles. The minimum absolute atomic E-state index is 0.124. The van der Waals surface area contributed by atoms with E-state index in [-0.39, 0.29) is 5.91 Å². The fourth-order valence-electron chi connectivity index (χ4n) is 1.22. The Labute approximate surface area is 106 Å². The number of likely N-dealkylation sites (N-methyl/N-ethyl adjacent to an activating group) is 1. The number of benzene rings is 1. The van der Waals surface area contributed by atoms with Gasteiger partial charge in [0.2, 0.25) is 0 Å². The van der Waals surface area contributed by atoms with Crippen LogP contribution in [0, 0.1) is 0 Å². The maximum Gasteiger partial charge on any atom is 0.295 e. The van der Waals surface area contributed by atoms with Gasteiger partial charge in [0.05, 0.1) is 27.4 Å². The van der Waals surface area contributed by atoms with Gasteiger partial charge >= 0.3 is 0 Å². The first kappa shape index (κ1) is 13.7. The van der Waals surface area contributed by atoms with E-state index in [9.17, 15) is 4.79 Å². The van der Waals surface area contributed by atoms with Crippen molar-refractivity contribution in [1.29, 1.82) is 0 Å². The summed E-state index contributed by atoms with van der Waals surface area (Å²) in [5, 5.41) is 4.48. The molecule has 0 spiro atoms. The van der Waals surface area contributed by atoms with Gasteiger partial charge in [-0.25, -0.2) is 5.43 Å². The van der Waals surface area contributed by atoms with Crippen molar-refractivity contribution in [2.45, 2.75) is 0 Å². The molecule has 1 aromatic rings. The van der Waals surface area contributed by atoms with E-state index >= 15 is 0 Å². The zero-order valence-electron chi connectivity index (χ0n) is 10.3. The lowest BCUT2D eigenvalue weighted by molar-refractivity contribution is -0.862.